The van der Waals surface area contributed by atoms with Crippen LogP contribution in [0.15, 0.2) is 47.8 Å². The van der Waals surface area contributed by atoms with Gasteiger partial charge in [0.1, 0.15) is 16.4 Å². The van der Waals surface area contributed by atoms with Crippen molar-refractivity contribution < 1.29 is 19.1 Å². The first-order chi connectivity index (χ1) is 13.4. The highest BCUT2D eigenvalue weighted by Crippen LogP contribution is 2.36. The van der Waals surface area contributed by atoms with Crippen molar-refractivity contribution in [2.75, 3.05) is 5.32 Å². The highest BCUT2D eigenvalue weighted by molar-refractivity contribution is 7.15. The van der Waals surface area contributed by atoms with Crippen molar-refractivity contribution in [2.24, 2.45) is 0 Å². The quantitative estimate of drug-likeness (QED) is 0.596. The Hall–Kier alpha value is -2.90. The maximum atomic E-state index is 13.9. The van der Waals surface area contributed by atoms with Crippen LogP contribution >= 0.6 is 22.9 Å². The van der Waals surface area contributed by atoms with Crippen LogP contribution in [0.1, 0.15) is 21.5 Å². The molecule has 1 aromatic heterocycles. The predicted molar refractivity (Wildman–Crippen MR) is 106 cm³/mol. The average Bonchev–Trinajstić information content (AvgIpc) is 3.27. The van der Waals surface area contributed by atoms with E-state index in [0.717, 1.165) is 16.9 Å². The van der Waals surface area contributed by atoms with Crippen LogP contribution in [0.5, 0.6) is 0 Å². The first-order valence-corrected chi connectivity index (χ1v) is 9.62. The van der Waals surface area contributed by atoms with Gasteiger partial charge in [0, 0.05) is 28.1 Å². The summed E-state index contributed by atoms with van der Waals surface area (Å²) in [6.45, 7) is 0.419. The number of nitrogens with one attached hydrogen (secondary N) is 1. The number of urea groups is 1. The van der Waals surface area contributed by atoms with Gasteiger partial charge >= 0.3 is 12.0 Å². The smallest absolute Gasteiger partial charge is 0.339 e. The first kappa shape index (κ1) is 18.5. The third kappa shape index (κ3) is 3.34. The zero-order chi connectivity index (χ0) is 19.8. The van der Waals surface area contributed by atoms with Gasteiger partial charge in [-0.2, -0.15) is 0 Å². The molecule has 0 bridgehead atoms. The lowest BCUT2D eigenvalue weighted by Crippen LogP contribution is -2.30. The summed E-state index contributed by atoms with van der Waals surface area (Å²) in [7, 11) is 0. The van der Waals surface area contributed by atoms with Crippen LogP contribution in [0.2, 0.25) is 5.02 Å². The summed E-state index contributed by atoms with van der Waals surface area (Å²) in [5, 5.41) is 14.8. The van der Waals surface area contributed by atoms with Gasteiger partial charge in [-0.25, -0.2) is 14.0 Å². The van der Waals surface area contributed by atoms with Gasteiger partial charge in [-0.3, -0.25) is 5.32 Å². The summed E-state index contributed by atoms with van der Waals surface area (Å²) in [6.07, 6.45) is 0. The van der Waals surface area contributed by atoms with E-state index >= 15 is 0 Å². The Kier molecular flexibility index (Phi) is 4.78. The van der Waals surface area contributed by atoms with Gasteiger partial charge in [0.2, 0.25) is 0 Å². The summed E-state index contributed by atoms with van der Waals surface area (Å²) in [5.41, 5.74) is 2.45. The number of hydrogen-bond donors (Lipinski definition) is 2. The highest BCUT2D eigenvalue weighted by Gasteiger charge is 2.28. The molecule has 5 nitrogen and oxygen atoms in total. The van der Waals surface area contributed by atoms with E-state index in [0.29, 0.717) is 21.7 Å². The molecule has 1 aliphatic rings. The van der Waals surface area contributed by atoms with Gasteiger partial charge in [0.25, 0.3) is 0 Å². The number of halogens is 2. The molecule has 8 heteroatoms. The Balaban J connectivity index is 1.59. The molecule has 0 radical (unpaired) electrons. The number of amides is 2. The van der Waals surface area contributed by atoms with Gasteiger partial charge in [-0.15, -0.1) is 11.3 Å². The molecule has 2 aromatic carbocycles. The van der Waals surface area contributed by atoms with Crippen LogP contribution in [0, 0.1) is 5.82 Å². The summed E-state index contributed by atoms with van der Waals surface area (Å²) in [6, 6.07) is 11.1. The van der Waals surface area contributed by atoms with E-state index in [4.69, 9.17) is 11.6 Å². The molecule has 0 atom stereocenters. The molecule has 0 saturated carbocycles. The minimum atomic E-state index is -1.14. The third-order valence-electron chi connectivity index (χ3n) is 4.59. The predicted octanol–water partition coefficient (Wildman–Crippen LogP) is 5.45. The fourth-order valence-electron chi connectivity index (χ4n) is 3.20. The van der Waals surface area contributed by atoms with Crippen molar-refractivity contribution in [2.45, 2.75) is 13.1 Å². The molecule has 28 heavy (non-hydrogen) atoms. The summed E-state index contributed by atoms with van der Waals surface area (Å²) < 4.78 is 13.9. The second-order valence-electron chi connectivity index (χ2n) is 6.33. The van der Waals surface area contributed by atoms with E-state index < -0.39 is 12.0 Å². The number of benzene rings is 2. The van der Waals surface area contributed by atoms with Crippen molar-refractivity contribution >= 4 is 39.9 Å². The molecule has 0 unspecified atom stereocenters. The highest BCUT2D eigenvalue weighted by atomic mass is 35.5. The number of hydrogen-bond acceptors (Lipinski definition) is 3. The number of rotatable bonds is 3. The largest absolute Gasteiger partial charge is 0.478 e. The number of carbonyl (C=O) groups excluding carboxylic acids is 1. The number of aromatic carboxylic acids is 1. The van der Waals surface area contributed by atoms with Crippen molar-refractivity contribution in [1.82, 2.24) is 4.90 Å². The zero-order valence-electron chi connectivity index (χ0n) is 14.4. The molecule has 4 rings (SSSR count). The summed E-state index contributed by atoms with van der Waals surface area (Å²) in [5.74, 6) is -1.49. The van der Waals surface area contributed by atoms with Crippen LogP contribution < -0.4 is 5.32 Å². The Bertz CT molecular complexity index is 1080. The van der Waals surface area contributed by atoms with Crippen molar-refractivity contribution in [3.63, 3.8) is 0 Å². The number of carboxylic acids is 1. The SMILES string of the molecule is O=C(O)c1c(-c2ccc(Cl)cc2)csc1NC(=O)N1Cc2cccc(F)c2C1. The van der Waals surface area contributed by atoms with E-state index in [2.05, 4.69) is 5.32 Å². The van der Waals surface area contributed by atoms with Gasteiger partial charge < -0.3 is 10.0 Å². The Morgan fingerprint density at radius 3 is 2.57 bits per heavy atom. The molecular formula is C20H14ClFN2O3S. The minimum Gasteiger partial charge on any atom is -0.478 e. The van der Waals surface area contributed by atoms with Crippen LogP contribution in [0.25, 0.3) is 11.1 Å². The molecule has 1 aliphatic heterocycles. The van der Waals surface area contributed by atoms with Gasteiger partial charge in [-0.1, -0.05) is 35.9 Å². The minimum absolute atomic E-state index is 0.0172. The molecule has 2 N–H and O–H groups in total. The Morgan fingerprint density at radius 2 is 1.89 bits per heavy atom. The number of thiophene rings is 1. The van der Waals surface area contributed by atoms with Crippen LogP contribution in [-0.4, -0.2) is 22.0 Å². The molecule has 0 saturated heterocycles. The Labute approximate surface area is 169 Å². The van der Waals surface area contributed by atoms with E-state index in [1.165, 1.54) is 11.0 Å². The average molecular weight is 417 g/mol. The number of nitrogens with zero attached hydrogens (tertiary/aromatic N) is 1. The zero-order valence-corrected chi connectivity index (χ0v) is 16.0. The van der Waals surface area contributed by atoms with Crippen molar-refractivity contribution in [3.8, 4) is 11.1 Å². The molecule has 0 fully saturated rings. The topological polar surface area (TPSA) is 69.6 Å². The number of fused-ring (bicyclic) bond motifs is 1. The van der Waals surface area contributed by atoms with Gasteiger partial charge in [0.15, 0.2) is 0 Å². The second-order valence-corrected chi connectivity index (χ2v) is 7.65. The first-order valence-electron chi connectivity index (χ1n) is 8.37. The Morgan fingerprint density at radius 1 is 1.14 bits per heavy atom. The lowest BCUT2D eigenvalue weighted by atomic mass is 10.0. The normalized spacial score (nSPS) is 12.7. The number of anilines is 1. The van der Waals surface area contributed by atoms with Crippen LogP contribution in [0.4, 0.5) is 14.2 Å². The molecule has 2 heterocycles. The molecular weight excluding hydrogens is 403 g/mol. The standard InChI is InChI=1S/C20H14ClFN2O3S/c21-13-6-4-11(5-7-13)15-10-28-18(17(15)19(25)26)23-20(27)24-8-12-2-1-3-16(22)14(12)9-24/h1-7,10H,8-9H2,(H,23,27)(H,25,26). The third-order valence-corrected chi connectivity index (χ3v) is 5.74. The maximum absolute atomic E-state index is 13.9. The summed E-state index contributed by atoms with van der Waals surface area (Å²) in [4.78, 5) is 25.9. The van der Waals surface area contributed by atoms with E-state index in [-0.39, 0.29) is 29.5 Å². The molecule has 2 amide bonds. The van der Waals surface area contributed by atoms with Crippen LogP contribution in [0.3, 0.4) is 0 Å². The van der Waals surface area contributed by atoms with Crippen molar-refractivity contribution in [3.05, 3.63) is 75.4 Å². The van der Waals surface area contributed by atoms with Gasteiger partial charge in [-0.05, 0) is 29.3 Å². The monoisotopic (exact) mass is 416 g/mol. The lowest BCUT2D eigenvalue weighted by Gasteiger charge is -2.16. The van der Waals surface area contributed by atoms with Gasteiger partial charge in [0.05, 0.1) is 6.54 Å². The van der Waals surface area contributed by atoms with E-state index in [1.807, 2.05) is 0 Å². The van der Waals surface area contributed by atoms with Crippen molar-refractivity contribution in [1.29, 1.82) is 0 Å². The number of carboxylic acid groups (broad SMARTS) is 1. The maximum Gasteiger partial charge on any atom is 0.339 e. The molecule has 142 valence electrons. The van der Waals surface area contributed by atoms with Crippen LogP contribution in [-0.2, 0) is 13.1 Å². The summed E-state index contributed by atoms with van der Waals surface area (Å²) >= 11 is 7.03. The second kappa shape index (κ2) is 7.26. The molecule has 0 aliphatic carbocycles. The number of carbonyl (C=O) groups is 2. The van der Waals surface area contributed by atoms with E-state index in [9.17, 15) is 19.1 Å². The fourth-order valence-corrected chi connectivity index (χ4v) is 4.28. The molecule has 3 aromatic rings. The van der Waals surface area contributed by atoms with E-state index in [1.54, 1.807) is 41.8 Å². The lowest BCUT2D eigenvalue weighted by molar-refractivity contribution is 0.0699. The fraction of sp³-hybridized carbons (Fsp3) is 0.100. The molecule has 0 spiro atoms.